The summed E-state index contributed by atoms with van der Waals surface area (Å²) in [5, 5.41) is 10.3. The van der Waals surface area contributed by atoms with Gasteiger partial charge in [0.2, 0.25) is 0 Å². The van der Waals surface area contributed by atoms with Crippen molar-refractivity contribution < 1.29 is 9.90 Å². The highest BCUT2D eigenvalue weighted by atomic mass is 32.2. The van der Waals surface area contributed by atoms with Crippen molar-refractivity contribution in [3.63, 3.8) is 0 Å². The number of hydrogen-bond donors (Lipinski definition) is 1. The smallest absolute Gasteiger partial charge is 0.338 e. The van der Waals surface area contributed by atoms with Crippen molar-refractivity contribution >= 4 is 17.7 Å². The van der Waals surface area contributed by atoms with Gasteiger partial charge >= 0.3 is 5.97 Å². The molecule has 2 heterocycles. The summed E-state index contributed by atoms with van der Waals surface area (Å²) in [5.74, 6) is -0.978. The van der Waals surface area contributed by atoms with Crippen molar-refractivity contribution in [2.24, 2.45) is 0 Å². The number of carboxylic acid groups (broad SMARTS) is 1. The van der Waals surface area contributed by atoms with E-state index in [1.54, 1.807) is 18.5 Å². The Morgan fingerprint density at radius 2 is 1.82 bits per heavy atom. The van der Waals surface area contributed by atoms with Gasteiger partial charge in [0.05, 0.1) is 5.56 Å². The summed E-state index contributed by atoms with van der Waals surface area (Å²) < 4.78 is 0. The van der Waals surface area contributed by atoms with Gasteiger partial charge in [0.1, 0.15) is 10.1 Å². The molecule has 1 N–H and O–H groups in total. The number of aromatic carboxylic acids is 1. The summed E-state index contributed by atoms with van der Waals surface area (Å²) in [6.45, 7) is 1.93. The van der Waals surface area contributed by atoms with E-state index in [9.17, 15) is 4.79 Å². The molecule has 0 unspecified atom stereocenters. The molecule has 0 aliphatic heterocycles. The molecule has 0 radical (unpaired) electrons. The highest BCUT2D eigenvalue weighted by Gasteiger charge is 2.13. The maximum absolute atomic E-state index is 11.0. The van der Waals surface area contributed by atoms with Gasteiger partial charge < -0.3 is 5.11 Å². The van der Waals surface area contributed by atoms with Crippen LogP contribution in [0, 0.1) is 6.92 Å². The van der Waals surface area contributed by atoms with Crippen molar-refractivity contribution in [3.05, 3.63) is 47.8 Å². The lowest BCUT2D eigenvalue weighted by atomic mass is 10.3. The maximum Gasteiger partial charge on any atom is 0.338 e. The molecule has 2 aromatic heterocycles. The Balaban J connectivity index is 2.37. The average molecular weight is 246 g/mol. The molecule has 0 aromatic carbocycles. The third-order valence-corrected chi connectivity index (χ3v) is 3.30. The molecule has 0 saturated carbocycles. The Labute approximate surface area is 103 Å². The Bertz CT molecular complexity index is 558. The van der Waals surface area contributed by atoms with E-state index in [0.717, 1.165) is 10.6 Å². The normalized spacial score (nSPS) is 10.2. The van der Waals surface area contributed by atoms with Crippen LogP contribution in [0.1, 0.15) is 15.9 Å². The van der Waals surface area contributed by atoms with Crippen molar-refractivity contribution in [1.82, 2.24) is 9.97 Å². The number of aromatic nitrogens is 2. The van der Waals surface area contributed by atoms with Gasteiger partial charge in [-0.15, -0.1) is 0 Å². The topological polar surface area (TPSA) is 63.1 Å². The number of aryl methyl sites for hydroxylation is 1. The van der Waals surface area contributed by atoms with E-state index in [-0.39, 0.29) is 5.56 Å². The Morgan fingerprint density at radius 3 is 2.47 bits per heavy atom. The molecule has 0 aliphatic carbocycles. The quantitative estimate of drug-likeness (QED) is 0.902. The largest absolute Gasteiger partial charge is 0.478 e. The fraction of sp³-hybridized carbons (Fsp3) is 0.0833. The van der Waals surface area contributed by atoms with E-state index >= 15 is 0 Å². The molecule has 86 valence electrons. The molecule has 4 nitrogen and oxygen atoms in total. The second kappa shape index (κ2) is 4.97. The number of carboxylic acids is 1. The van der Waals surface area contributed by atoms with Crippen molar-refractivity contribution in [2.45, 2.75) is 17.0 Å². The summed E-state index contributed by atoms with van der Waals surface area (Å²) in [4.78, 5) is 19.3. The zero-order chi connectivity index (χ0) is 12.3. The van der Waals surface area contributed by atoms with Gasteiger partial charge in [-0.3, -0.25) is 0 Å². The SMILES string of the molecule is Cc1cccnc1Sc1ncccc1C(=O)O. The van der Waals surface area contributed by atoms with Gasteiger partial charge in [-0.1, -0.05) is 6.07 Å². The van der Waals surface area contributed by atoms with Gasteiger partial charge in [-0.25, -0.2) is 14.8 Å². The minimum absolute atomic E-state index is 0.197. The monoisotopic (exact) mass is 246 g/mol. The van der Waals surface area contributed by atoms with E-state index < -0.39 is 5.97 Å². The second-order valence-electron chi connectivity index (χ2n) is 3.39. The van der Waals surface area contributed by atoms with Gasteiger partial charge in [0.25, 0.3) is 0 Å². The number of hydrogen-bond acceptors (Lipinski definition) is 4. The standard InChI is InChI=1S/C12H10N2O2S/c1-8-4-2-6-13-10(8)17-11-9(12(15)16)5-3-7-14-11/h2-7H,1H3,(H,15,16). The third kappa shape index (κ3) is 2.62. The highest BCUT2D eigenvalue weighted by molar-refractivity contribution is 7.99. The number of rotatable bonds is 3. The van der Waals surface area contributed by atoms with Crippen LogP contribution in [0.25, 0.3) is 0 Å². The summed E-state index contributed by atoms with van der Waals surface area (Å²) in [7, 11) is 0. The minimum atomic E-state index is -0.978. The molecule has 5 heteroatoms. The summed E-state index contributed by atoms with van der Waals surface area (Å²) in [5.41, 5.74) is 1.20. The average Bonchev–Trinajstić information content (AvgIpc) is 2.32. The molecule has 2 rings (SSSR count). The molecular formula is C12H10N2O2S. The number of nitrogens with zero attached hydrogens (tertiary/aromatic N) is 2. The first-order valence-corrected chi connectivity index (χ1v) is 5.78. The molecular weight excluding hydrogens is 236 g/mol. The molecule has 0 aliphatic rings. The van der Waals surface area contributed by atoms with Gasteiger partial charge in [0.15, 0.2) is 0 Å². The Kier molecular flexibility index (Phi) is 3.39. The van der Waals surface area contributed by atoms with Crippen LogP contribution in [0.5, 0.6) is 0 Å². The van der Waals surface area contributed by atoms with Crippen LogP contribution >= 0.6 is 11.8 Å². The number of pyridine rings is 2. The molecule has 0 spiro atoms. The summed E-state index contributed by atoms with van der Waals surface area (Å²) in [6.07, 6.45) is 3.26. The van der Waals surface area contributed by atoms with E-state index in [1.165, 1.54) is 17.8 Å². The molecule has 0 amide bonds. The molecule has 0 bridgehead atoms. The molecule has 0 saturated heterocycles. The first-order chi connectivity index (χ1) is 8.18. The van der Waals surface area contributed by atoms with Gasteiger partial charge in [0, 0.05) is 12.4 Å². The van der Waals surface area contributed by atoms with E-state index in [0.29, 0.717) is 5.03 Å². The van der Waals surface area contributed by atoms with Crippen molar-refractivity contribution in [2.75, 3.05) is 0 Å². The van der Waals surface area contributed by atoms with Crippen LogP contribution in [-0.2, 0) is 0 Å². The fourth-order valence-corrected chi connectivity index (χ4v) is 2.21. The second-order valence-corrected chi connectivity index (χ2v) is 4.37. The molecule has 0 atom stereocenters. The lowest BCUT2D eigenvalue weighted by Crippen LogP contribution is -2.00. The fourth-order valence-electron chi connectivity index (χ4n) is 1.30. The predicted molar refractivity (Wildman–Crippen MR) is 64.3 cm³/mol. The first kappa shape index (κ1) is 11.6. The lowest BCUT2D eigenvalue weighted by molar-refractivity contribution is 0.0692. The predicted octanol–water partition coefficient (Wildman–Crippen LogP) is 2.63. The van der Waals surface area contributed by atoms with E-state index in [1.807, 2.05) is 19.1 Å². The van der Waals surface area contributed by atoms with Gasteiger partial charge in [-0.2, -0.15) is 0 Å². The van der Waals surface area contributed by atoms with E-state index in [2.05, 4.69) is 9.97 Å². The summed E-state index contributed by atoms with van der Waals surface area (Å²) in [6, 6.07) is 6.92. The lowest BCUT2D eigenvalue weighted by Gasteiger charge is -2.05. The molecule has 2 aromatic rings. The minimum Gasteiger partial charge on any atom is -0.478 e. The first-order valence-electron chi connectivity index (χ1n) is 4.96. The van der Waals surface area contributed by atoms with Crippen LogP contribution in [0.3, 0.4) is 0 Å². The highest BCUT2D eigenvalue weighted by Crippen LogP contribution is 2.28. The Hall–Kier alpha value is -1.88. The van der Waals surface area contributed by atoms with Gasteiger partial charge in [-0.05, 0) is 42.4 Å². The van der Waals surface area contributed by atoms with Crippen LogP contribution in [0.15, 0.2) is 46.7 Å². The number of carbonyl (C=O) groups is 1. The van der Waals surface area contributed by atoms with Crippen LogP contribution in [0.2, 0.25) is 0 Å². The van der Waals surface area contributed by atoms with Crippen molar-refractivity contribution in [1.29, 1.82) is 0 Å². The maximum atomic E-state index is 11.0. The van der Waals surface area contributed by atoms with E-state index in [4.69, 9.17) is 5.11 Å². The third-order valence-electron chi connectivity index (χ3n) is 2.16. The van der Waals surface area contributed by atoms with Crippen LogP contribution in [-0.4, -0.2) is 21.0 Å². The molecule has 0 fully saturated rings. The van der Waals surface area contributed by atoms with Crippen LogP contribution in [0.4, 0.5) is 0 Å². The zero-order valence-electron chi connectivity index (χ0n) is 9.12. The Morgan fingerprint density at radius 1 is 1.18 bits per heavy atom. The zero-order valence-corrected chi connectivity index (χ0v) is 9.94. The van der Waals surface area contributed by atoms with Crippen LogP contribution < -0.4 is 0 Å². The summed E-state index contributed by atoms with van der Waals surface area (Å²) >= 11 is 1.27. The molecule has 17 heavy (non-hydrogen) atoms. The van der Waals surface area contributed by atoms with Crippen molar-refractivity contribution in [3.8, 4) is 0 Å².